The molecule has 0 saturated heterocycles. The second kappa shape index (κ2) is 6.05. The van der Waals surface area contributed by atoms with Crippen molar-refractivity contribution in [3.8, 4) is 0 Å². The van der Waals surface area contributed by atoms with Crippen LogP contribution in [-0.4, -0.2) is 11.1 Å². The third kappa shape index (κ3) is 3.36. The number of aryl methyl sites for hydroxylation is 1. The van der Waals surface area contributed by atoms with Gasteiger partial charge < -0.3 is 10.4 Å². The summed E-state index contributed by atoms with van der Waals surface area (Å²) in [5.74, 6) is -1.33. The van der Waals surface area contributed by atoms with Gasteiger partial charge in [0, 0.05) is 10.2 Å². The zero-order valence-electron chi connectivity index (χ0n) is 10.8. The number of para-hydroxylation sites is 1. The van der Waals surface area contributed by atoms with Crippen LogP contribution in [0.2, 0.25) is 0 Å². The van der Waals surface area contributed by atoms with Crippen molar-refractivity contribution < 1.29 is 14.3 Å². The maximum absolute atomic E-state index is 13.8. The van der Waals surface area contributed by atoms with Crippen LogP contribution in [0.15, 0.2) is 40.9 Å². The minimum atomic E-state index is -0.925. The van der Waals surface area contributed by atoms with Gasteiger partial charge in [-0.15, -0.1) is 0 Å². The summed E-state index contributed by atoms with van der Waals surface area (Å²) >= 11 is 3.28. The van der Waals surface area contributed by atoms with Gasteiger partial charge in [0.05, 0.1) is 12.1 Å². The number of hydrogen-bond acceptors (Lipinski definition) is 2. The topological polar surface area (TPSA) is 49.3 Å². The molecule has 0 heterocycles. The number of anilines is 2. The van der Waals surface area contributed by atoms with E-state index in [-0.39, 0.29) is 6.42 Å². The predicted octanol–water partition coefficient (Wildman–Crippen LogP) is 4.27. The molecule has 20 heavy (non-hydrogen) atoms. The Morgan fingerprint density at radius 1 is 1.35 bits per heavy atom. The molecule has 0 saturated carbocycles. The van der Waals surface area contributed by atoms with E-state index in [2.05, 4.69) is 21.2 Å². The van der Waals surface area contributed by atoms with Crippen molar-refractivity contribution in [2.75, 3.05) is 5.32 Å². The molecule has 0 fully saturated rings. The highest BCUT2D eigenvalue weighted by molar-refractivity contribution is 9.10. The minimum Gasteiger partial charge on any atom is -0.481 e. The highest BCUT2D eigenvalue weighted by atomic mass is 79.9. The Hall–Kier alpha value is -1.88. The van der Waals surface area contributed by atoms with Gasteiger partial charge in [-0.25, -0.2) is 4.39 Å². The second-order valence-electron chi connectivity index (χ2n) is 4.45. The van der Waals surface area contributed by atoms with Crippen LogP contribution in [0.5, 0.6) is 0 Å². The van der Waals surface area contributed by atoms with Crippen LogP contribution in [0.3, 0.4) is 0 Å². The standard InChI is InChI=1S/C15H13BrFNO2/c1-9-5-6-13(10(7-9)8-14(19)20)18-15-11(16)3-2-4-12(15)17/h2-7,18H,8H2,1H3,(H,19,20). The van der Waals surface area contributed by atoms with Crippen LogP contribution in [0.1, 0.15) is 11.1 Å². The number of benzene rings is 2. The number of hydrogen-bond donors (Lipinski definition) is 2. The fraction of sp³-hybridized carbons (Fsp3) is 0.133. The van der Waals surface area contributed by atoms with Gasteiger partial charge >= 0.3 is 5.97 Å². The smallest absolute Gasteiger partial charge is 0.307 e. The number of carboxylic acids is 1. The number of halogens is 2. The lowest BCUT2D eigenvalue weighted by Gasteiger charge is -2.14. The molecule has 3 nitrogen and oxygen atoms in total. The Kier molecular flexibility index (Phi) is 4.39. The van der Waals surface area contributed by atoms with E-state index in [0.29, 0.717) is 21.4 Å². The third-order valence-corrected chi connectivity index (χ3v) is 3.49. The molecule has 5 heteroatoms. The predicted molar refractivity (Wildman–Crippen MR) is 79.9 cm³/mol. The van der Waals surface area contributed by atoms with E-state index in [1.807, 2.05) is 13.0 Å². The van der Waals surface area contributed by atoms with Crippen molar-refractivity contribution in [3.63, 3.8) is 0 Å². The molecule has 0 aromatic heterocycles. The van der Waals surface area contributed by atoms with Crippen molar-refractivity contribution >= 4 is 33.3 Å². The quantitative estimate of drug-likeness (QED) is 0.875. The molecule has 2 aromatic carbocycles. The molecule has 0 aliphatic carbocycles. The lowest BCUT2D eigenvalue weighted by Crippen LogP contribution is -2.05. The number of carbonyl (C=O) groups is 1. The molecule has 2 N–H and O–H groups in total. The molecule has 0 amide bonds. The molecule has 0 aliphatic rings. The molecule has 104 valence electrons. The van der Waals surface area contributed by atoms with E-state index >= 15 is 0 Å². The molecule has 0 atom stereocenters. The van der Waals surface area contributed by atoms with E-state index in [9.17, 15) is 9.18 Å². The highest BCUT2D eigenvalue weighted by Crippen LogP contribution is 2.30. The summed E-state index contributed by atoms with van der Waals surface area (Å²) in [6, 6.07) is 10.0. The van der Waals surface area contributed by atoms with Gasteiger partial charge in [-0.1, -0.05) is 23.8 Å². The summed E-state index contributed by atoms with van der Waals surface area (Å²) in [6.07, 6.45) is -0.115. The van der Waals surface area contributed by atoms with E-state index in [4.69, 9.17) is 5.11 Å². The van der Waals surface area contributed by atoms with Crippen molar-refractivity contribution in [2.24, 2.45) is 0 Å². The summed E-state index contributed by atoms with van der Waals surface area (Å²) in [5.41, 5.74) is 2.46. The summed E-state index contributed by atoms with van der Waals surface area (Å²) in [5, 5.41) is 11.9. The van der Waals surface area contributed by atoms with Crippen LogP contribution in [-0.2, 0) is 11.2 Å². The molecular weight excluding hydrogens is 325 g/mol. The van der Waals surface area contributed by atoms with Crippen molar-refractivity contribution in [1.29, 1.82) is 0 Å². The van der Waals surface area contributed by atoms with Crippen LogP contribution >= 0.6 is 15.9 Å². The molecular formula is C15H13BrFNO2. The first kappa shape index (κ1) is 14.5. The Labute approximate surface area is 124 Å². The Morgan fingerprint density at radius 2 is 2.10 bits per heavy atom. The van der Waals surface area contributed by atoms with E-state index < -0.39 is 11.8 Å². The lowest BCUT2D eigenvalue weighted by atomic mass is 10.1. The maximum atomic E-state index is 13.8. The summed E-state index contributed by atoms with van der Waals surface area (Å²) in [4.78, 5) is 10.9. The monoisotopic (exact) mass is 337 g/mol. The zero-order valence-corrected chi connectivity index (χ0v) is 12.4. The molecule has 2 aromatic rings. The van der Waals surface area contributed by atoms with Crippen molar-refractivity contribution in [2.45, 2.75) is 13.3 Å². The largest absolute Gasteiger partial charge is 0.481 e. The van der Waals surface area contributed by atoms with Gasteiger partial charge in [0.15, 0.2) is 0 Å². The lowest BCUT2D eigenvalue weighted by molar-refractivity contribution is -0.136. The Bertz CT molecular complexity index is 638. The second-order valence-corrected chi connectivity index (χ2v) is 5.31. The molecule has 0 bridgehead atoms. The van der Waals surface area contributed by atoms with Gasteiger partial charge in [0.1, 0.15) is 5.82 Å². The molecule has 0 aliphatic heterocycles. The first-order valence-corrected chi connectivity index (χ1v) is 6.79. The summed E-state index contributed by atoms with van der Waals surface area (Å²) in [6.45, 7) is 1.88. The van der Waals surface area contributed by atoms with E-state index in [1.165, 1.54) is 6.07 Å². The van der Waals surface area contributed by atoms with Crippen molar-refractivity contribution in [3.05, 3.63) is 57.8 Å². The third-order valence-electron chi connectivity index (χ3n) is 2.82. The first-order valence-electron chi connectivity index (χ1n) is 5.99. The van der Waals surface area contributed by atoms with Crippen LogP contribution in [0, 0.1) is 12.7 Å². The number of carboxylic acid groups (broad SMARTS) is 1. The number of aliphatic carboxylic acids is 1. The molecule has 0 radical (unpaired) electrons. The fourth-order valence-corrected chi connectivity index (χ4v) is 2.35. The van der Waals surface area contributed by atoms with E-state index in [1.54, 1.807) is 24.3 Å². The first-order chi connectivity index (χ1) is 9.47. The minimum absolute atomic E-state index is 0.115. The van der Waals surface area contributed by atoms with Crippen LogP contribution in [0.25, 0.3) is 0 Å². The number of rotatable bonds is 4. The van der Waals surface area contributed by atoms with Gasteiger partial charge in [-0.3, -0.25) is 4.79 Å². The summed E-state index contributed by atoms with van der Waals surface area (Å²) in [7, 11) is 0. The van der Waals surface area contributed by atoms with Crippen LogP contribution in [0.4, 0.5) is 15.8 Å². The normalized spacial score (nSPS) is 10.3. The molecule has 0 unspecified atom stereocenters. The van der Waals surface area contributed by atoms with Gasteiger partial charge in [-0.05, 0) is 46.6 Å². The number of nitrogens with one attached hydrogen (secondary N) is 1. The van der Waals surface area contributed by atoms with Gasteiger partial charge in [0.25, 0.3) is 0 Å². The average Bonchev–Trinajstić information content (AvgIpc) is 2.35. The van der Waals surface area contributed by atoms with Crippen molar-refractivity contribution in [1.82, 2.24) is 0 Å². The van der Waals surface area contributed by atoms with Crippen LogP contribution < -0.4 is 5.32 Å². The average molecular weight is 338 g/mol. The fourth-order valence-electron chi connectivity index (χ4n) is 1.91. The summed E-state index contributed by atoms with van der Waals surface area (Å²) < 4.78 is 14.4. The highest BCUT2D eigenvalue weighted by Gasteiger charge is 2.11. The SMILES string of the molecule is Cc1ccc(Nc2c(F)cccc2Br)c(CC(=O)O)c1. The van der Waals surface area contributed by atoms with Gasteiger partial charge in [-0.2, -0.15) is 0 Å². The van der Waals surface area contributed by atoms with Gasteiger partial charge in [0.2, 0.25) is 0 Å². The zero-order chi connectivity index (χ0) is 14.7. The maximum Gasteiger partial charge on any atom is 0.307 e. The molecule has 0 spiro atoms. The molecule has 2 rings (SSSR count). The van der Waals surface area contributed by atoms with E-state index in [0.717, 1.165) is 5.56 Å². The Balaban J connectivity index is 2.40. The Morgan fingerprint density at radius 3 is 2.75 bits per heavy atom.